The molecular formula is C30H27N2O4+. The number of nitrogens with one attached hydrogen (secondary N) is 1. The summed E-state index contributed by atoms with van der Waals surface area (Å²) in [7, 11) is 1.82. The van der Waals surface area contributed by atoms with Gasteiger partial charge in [-0.05, 0) is 48.0 Å². The molecule has 2 unspecified atom stereocenters. The molecule has 2 amide bonds. The summed E-state index contributed by atoms with van der Waals surface area (Å²) in [6.45, 7) is 0.433. The van der Waals surface area contributed by atoms with Crippen molar-refractivity contribution in [3.63, 3.8) is 0 Å². The summed E-state index contributed by atoms with van der Waals surface area (Å²) in [5.74, 6) is 1.11. The van der Waals surface area contributed by atoms with Gasteiger partial charge in [0.25, 0.3) is 5.91 Å². The Morgan fingerprint density at radius 3 is 2.36 bits per heavy atom. The van der Waals surface area contributed by atoms with Gasteiger partial charge in [-0.1, -0.05) is 54.6 Å². The van der Waals surface area contributed by atoms with Crippen LogP contribution in [0.1, 0.15) is 21.5 Å². The maximum Gasteiger partial charge on any atom is 0.347 e. The fraction of sp³-hybridized carbons (Fsp3) is 0.133. The summed E-state index contributed by atoms with van der Waals surface area (Å²) in [5.41, 5.74) is 3.03. The Morgan fingerprint density at radius 1 is 0.917 bits per heavy atom. The van der Waals surface area contributed by atoms with Gasteiger partial charge in [-0.3, -0.25) is 4.79 Å². The zero-order valence-electron chi connectivity index (χ0n) is 19.9. The quantitative estimate of drug-likeness (QED) is 0.342. The van der Waals surface area contributed by atoms with E-state index < -0.39 is 6.04 Å². The average molecular weight is 480 g/mol. The van der Waals surface area contributed by atoms with Crippen molar-refractivity contribution in [3.8, 4) is 17.2 Å². The van der Waals surface area contributed by atoms with Gasteiger partial charge in [0.15, 0.2) is 6.04 Å². The molecule has 2 atom stereocenters. The molecule has 1 heterocycles. The predicted octanol–water partition coefficient (Wildman–Crippen LogP) is 5.53. The van der Waals surface area contributed by atoms with E-state index in [1.165, 1.54) is 0 Å². The second kappa shape index (κ2) is 9.68. The Labute approximate surface area is 210 Å². The zero-order valence-corrected chi connectivity index (χ0v) is 19.9. The normalized spacial score (nSPS) is 17.3. The minimum atomic E-state index is -0.687. The van der Waals surface area contributed by atoms with E-state index in [1.54, 1.807) is 36.4 Å². The largest absolute Gasteiger partial charge is 0.508 e. The summed E-state index contributed by atoms with van der Waals surface area (Å²) < 4.78 is 5.85. The number of phenolic OH excluding ortho intramolecular Hbond substituents is 1. The number of anilines is 1. The number of benzene rings is 4. The number of carbonyl (C=O) groups excluding carboxylic acids is 2. The second-order valence-corrected chi connectivity index (χ2v) is 9.21. The van der Waals surface area contributed by atoms with Gasteiger partial charge in [0.05, 0.1) is 12.6 Å². The molecule has 2 N–H and O–H groups in total. The van der Waals surface area contributed by atoms with Crippen molar-refractivity contribution < 1.29 is 23.9 Å². The van der Waals surface area contributed by atoms with Crippen LogP contribution in [0.15, 0.2) is 103 Å². The number of para-hydroxylation sites is 1. The fourth-order valence-corrected chi connectivity index (χ4v) is 4.72. The zero-order chi connectivity index (χ0) is 25.1. The van der Waals surface area contributed by atoms with E-state index in [4.69, 9.17) is 4.74 Å². The maximum atomic E-state index is 13.8. The van der Waals surface area contributed by atoms with Crippen LogP contribution in [-0.4, -0.2) is 34.5 Å². The Morgan fingerprint density at radius 2 is 1.61 bits per heavy atom. The van der Waals surface area contributed by atoms with Gasteiger partial charge in [0.1, 0.15) is 23.8 Å². The number of quaternary nitrogens is 1. The van der Waals surface area contributed by atoms with E-state index >= 15 is 0 Å². The third kappa shape index (κ3) is 4.72. The van der Waals surface area contributed by atoms with Crippen LogP contribution in [0.3, 0.4) is 0 Å². The Hall–Kier alpha value is -4.42. The predicted molar refractivity (Wildman–Crippen MR) is 138 cm³/mol. The van der Waals surface area contributed by atoms with Crippen LogP contribution >= 0.6 is 0 Å². The average Bonchev–Trinajstić information content (AvgIpc) is 3.15. The lowest BCUT2D eigenvalue weighted by Crippen LogP contribution is -2.58. The summed E-state index contributed by atoms with van der Waals surface area (Å²) >= 11 is 0. The lowest BCUT2D eigenvalue weighted by Gasteiger charge is -2.34. The van der Waals surface area contributed by atoms with E-state index in [2.05, 4.69) is 5.32 Å². The highest BCUT2D eigenvalue weighted by Crippen LogP contribution is 2.33. The van der Waals surface area contributed by atoms with Crippen molar-refractivity contribution in [1.29, 1.82) is 0 Å². The number of carbonyl (C=O) groups is 2. The third-order valence-corrected chi connectivity index (χ3v) is 6.65. The number of aromatic hydroxyl groups is 1. The smallest absolute Gasteiger partial charge is 0.347 e. The molecule has 4 aromatic carbocycles. The van der Waals surface area contributed by atoms with Crippen LogP contribution in [0.25, 0.3) is 0 Å². The molecule has 0 bridgehead atoms. The number of hydrogen-bond donors (Lipinski definition) is 2. The van der Waals surface area contributed by atoms with Crippen LogP contribution in [0.4, 0.5) is 5.69 Å². The monoisotopic (exact) mass is 479 g/mol. The van der Waals surface area contributed by atoms with Crippen LogP contribution in [0.5, 0.6) is 17.2 Å². The molecule has 0 saturated heterocycles. The van der Waals surface area contributed by atoms with Gasteiger partial charge in [0, 0.05) is 23.7 Å². The molecule has 0 radical (unpaired) electrons. The number of ether oxygens (including phenoxy) is 1. The number of rotatable bonds is 7. The lowest BCUT2D eigenvalue weighted by molar-refractivity contribution is -0.854. The van der Waals surface area contributed by atoms with Crippen LogP contribution in [-0.2, 0) is 17.8 Å². The minimum Gasteiger partial charge on any atom is -0.508 e. The molecule has 0 aliphatic carbocycles. The molecule has 36 heavy (non-hydrogen) atoms. The molecule has 5 rings (SSSR count). The highest BCUT2D eigenvalue weighted by molar-refractivity contribution is 5.99. The molecule has 1 aliphatic rings. The van der Waals surface area contributed by atoms with Crippen molar-refractivity contribution in [2.24, 2.45) is 0 Å². The Bertz CT molecular complexity index is 1400. The number of phenols is 1. The van der Waals surface area contributed by atoms with Crippen molar-refractivity contribution in [1.82, 2.24) is 0 Å². The van der Waals surface area contributed by atoms with Gasteiger partial charge >= 0.3 is 5.91 Å². The van der Waals surface area contributed by atoms with Crippen molar-refractivity contribution >= 4 is 17.5 Å². The van der Waals surface area contributed by atoms with Crippen LogP contribution < -0.4 is 10.1 Å². The molecule has 6 nitrogen and oxygen atoms in total. The Kier molecular flexibility index (Phi) is 6.27. The fourth-order valence-electron chi connectivity index (χ4n) is 4.72. The Balaban J connectivity index is 1.43. The van der Waals surface area contributed by atoms with E-state index in [0.717, 1.165) is 11.1 Å². The number of nitrogens with zero attached hydrogens (tertiary/aromatic N) is 1. The van der Waals surface area contributed by atoms with Crippen molar-refractivity contribution in [3.05, 3.63) is 120 Å². The van der Waals surface area contributed by atoms with E-state index in [-0.39, 0.29) is 22.0 Å². The maximum absolute atomic E-state index is 13.8. The molecule has 0 saturated carbocycles. The summed E-state index contributed by atoms with van der Waals surface area (Å²) in [6, 6.07) is 30.2. The topological polar surface area (TPSA) is 75.6 Å². The van der Waals surface area contributed by atoms with Crippen molar-refractivity contribution in [2.45, 2.75) is 19.0 Å². The molecule has 1 aliphatic heterocycles. The molecular weight excluding hydrogens is 452 g/mol. The number of likely N-dealkylation sites (N-methyl/N-ethyl adjacent to an activating group) is 1. The number of hydrogen-bond acceptors (Lipinski definition) is 4. The van der Waals surface area contributed by atoms with E-state index in [1.807, 2.05) is 73.8 Å². The number of fused-ring (bicyclic) bond motifs is 1. The van der Waals surface area contributed by atoms with Crippen molar-refractivity contribution in [2.75, 3.05) is 12.4 Å². The molecule has 0 aromatic heterocycles. The van der Waals surface area contributed by atoms with E-state index in [0.29, 0.717) is 35.7 Å². The van der Waals surface area contributed by atoms with Gasteiger partial charge < -0.3 is 15.2 Å². The molecule has 0 spiro atoms. The van der Waals surface area contributed by atoms with Gasteiger partial charge in [-0.25, -0.2) is 9.28 Å². The second-order valence-electron chi connectivity index (χ2n) is 9.21. The van der Waals surface area contributed by atoms with Crippen LogP contribution in [0.2, 0.25) is 0 Å². The molecule has 0 fully saturated rings. The standard InChI is InChI=1S/C30H26N2O4/c1-32(20-22-8-5-6-13-27(22)30(32)35)28(18-21-14-16-24(33)17-15-21)29(34)31-23-9-7-12-26(19-23)36-25-10-3-2-4-11-25/h2-17,19,28H,18,20H2,1H3,(H-,31,33,34)/p+1. The summed E-state index contributed by atoms with van der Waals surface area (Å²) in [5, 5.41) is 12.7. The first-order valence-corrected chi connectivity index (χ1v) is 11.8. The van der Waals surface area contributed by atoms with Gasteiger partial charge in [-0.15, -0.1) is 0 Å². The van der Waals surface area contributed by atoms with Gasteiger partial charge in [0.2, 0.25) is 0 Å². The molecule has 4 aromatic rings. The highest BCUT2D eigenvalue weighted by Gasteiger charge is 2.50. The number of amides is 2. The molecule has 180 valence electrons. The lowest BCUT2D eigenvalue weighted by atomic mass is 10.0. The molecule has 6 heteroatoms. The first kappa shape index (κ1) is 23.3. The summed E-state index contributed by atoms with van der Waals surface area (Å²) in [6.07, 6.45) is 0.336. The first-order chi connectivity index (χ1) is 17.4. The van der Waals surface area contributed by atoms with Crippen LogP contribution in [0, 0.1) is 0 Å². The minimum absolute atomic E-state index is 0.0632. The highest BCUT2D eigenvalue weighted by atomic mass is 16.5. The first-order valence-electron chi connectivity index (χ1n) is 11.8. The third-order valence-electron chi connectivity index (χ3n) is 6.65. The van der Waals surface area contributed by atoms with Gasteiger partial charge in [-0.2, -0.15) is 0 Å². The summed E-state index contributed by atoms with van der Waals surface area (Å²) in [4.78, 5) is 27.3. The SMILES string of the molecule is C[N+]1(C(Cc2ccc(O)cc2)C(=O)Nc2cccc(Oc3ccccc3)c2)Cc2ccccc2C1=O. The van der Waals surface area contributed by atoms with E-state index in [9.17, 15) is 14.7 Å².